The van der Waals surface area contributed by atoms with Gasteiger partial charge in [-0.05, 0) is 30.7 Å². The van der Waals surface area contributed by atoms with E-state index < -0.39 is 10.0 Å². The van der Waals surface area contributed by atoms with E-state index >= 15 is 0 Å². The van der Waals surface area contributed by atoms with E-state index in [4.69, 9.17) is 9.88 Å². The van der Waals surface area contributed by atoms with E-state index in [0.717, 1.165) is 22.2 Å². The van der Waals surface area contributed by atoms with E-state index in [9.17, 15) is 8.42 Å². The summed E-state index contributed by atoms with van der Waals surface area (Å²) in [5.41, 5.74) is 2.76. The van der Waals surface area contributed by atoms with Crippen LogP contribution in [0.15, 0.2) is 59.5 Å². The van der Waals surface area contributed by atoms with Gasteiger partial charge in [0.2, 0.25) is 10.0 Å². The Labute approximate surface area is 135 Å². The van der Waals surface area contributed by atoms with Gasteiger partial charge in [0.05, 0.1) is 16.1 Å². The van der Waals surface area contributed by atoms with Gasteiger partial charge in [-0.3, -0.25) is 0 Å². The number of rotatable bonds is 4. The number of hydrogen-bond donors (Lipinski definition) is 1. The van der Waals surface area contributed by atoms with Gasteiger partial charge in [-0.2, -0.15) is 0 Å². The van der Waals surface area contributed by atoms with Crippen LogP contribution in [-0.4, -0.2) is 20.1 Å². The number of primary sulfonamides is 1. The molecular weight excluding hydrogens is 312 g/mol. The lowest BCUT2D eigenvalue weighted by molar-refractivity contribution is 0.0655. The Morgan fingerprint density at radius 2 is 1.78 bits per heavy atom. The molecule has 0 radical (unpaired) electrons. The Kier molecular flexibility index (Phi) is 3.97. The van der Waals surface area contributed by atoms with Crippen molar-refractivity contribution in [1.82, 2.24) is 4.57 Å². The van der Waals surface area contributed by atoms with Gasteiger partial charge in [-0.15, -0.1) is 0 Å². The summed E-state index contributed by atoms with van der Waals surface area (Å²) >= 11 is 0. The fraction of sp³-hybridized carbons (Fsp3) is 0.176. The number of nitrogens with two attached hydrogens (primary N) is 1. The summed E-state index contributed by atoms with van der Waals surface area (Å²) in [5.74, 6) is 0. The van der Waals surface area contributed by atoms with Crippen molar-refractivity contribution in [3.8, 4) is 11.3 Å². The molecule has 3 aromatic rings. The third kappa shape index (κ3) is 2.88. The van der Waals surface area contributed by atoms with Crippen LogP contribution in [0.4, 0.5) is 0 Å². The number of fused-ring (bicyclic) bond motifs is 1. The largest absolute Gasteiger partial charge is 0.362 e. The van der Waals surface area contributed by atoms with Gasteiger partial charge in [-0.25, -0.2) is 13.6 Å². The van der Waals surface area contributed by atoms with Gasteiger partial charge in [0.25, 0.3) is 0 Å². The van der Waals surface area contributed by atoms with E-state index in [1.54, 1.807) is 19.2 Å². The Morgan fingerprint density at radius 1 is 1.09 bits per heavy atom. The molecule has 0 amide bonds. The summed E-state index contributed by atoms with van der Waals surface area (Å²) in [4.78, 5) is 0.0901. The summed E-state index contributed by atoms with van der Waals surface area (Å²) in [7, 11) is -2.13. The predicted octanol–water partition coefficient (Wildman–Crippen LogP) is 3.12. The molecule has 120 valence electrons. The molecule has 0 aliphatic heterocycles. The highest BCUT2D eigenvalue weighted by molar-refractivity contribution is 7.89. The van der Waals surface area contributed by atoms with Gasteiger partial charge in [-0.1, -0.05) is 36.4 Å². The van der Waals surface area contributed by atoms with Crippen molar-refractivity contribution in [3.05, 3.63) is 54.6 Å². The van der Waals surface area contributed by atoms with Crippen molar-refractivity contribution in [2.75, 3.05) is 7.11 Å². The fourth-order valence-corrected chi connectivity index (χ4v) is 3.24. The van der Waals surface area contributed by atoms with Crippen LogP contribution in [0.2, 0.25) is 0 Å². The average Bonchev–Trinajstić information content (AvgIpc) is 2.92. The Morgan fingerprint density at radius 3 is 2.39 bits per heavy atom. The van der Waals surface area contributed by atoms with E-state index in [1.165, 1.54) is 6.07 Å². The predicted molar refractivity (Wildman–Crippen MR) is 90.5 cm³/mol. The molecule has 1 unspecified atom stereocenters. The minimum atomic E-state index is -3.75. The van der Waals surface area contributed by atoms with Crippen molar-refractivity contribution in [1.29, 1.82) is 0 Å². The minimum Gasteiger partial charge on any atom is -0.362 e. The second-order valence-electron chi connectivity index (χ2n) is 5.37. The van der Waals surface area contributed by atoms with Crippen LogP contribution >= 0.6 is 0 Å². The lowest BCUT2D eigenvalue weighted by atomic mass is 10.1. The van der Waals surface area contributed by atoms with Crippen LogP contribution in [0.1, 0.15) is 13.2 Å². The zero-order chi connectivity index (χ0) is 16.6. The molecule has 0 aliphatic rings. The molecule has 1 aromatic heterocycles. The highest BCUT2D eigenvalue weighted by Gasteiger charge is 2.17. The number of ether oxygens (including phenoxy) is 1. The van der Waals surface area contributed by atoms with E-state index in [1.807, 2.05) is 47.9 Å². The van der Waals surface area contributed by atoms with Gasteiger partial charge in [0.15, 0.2) is 0 Å². The van der Waals surface area contributed by atoms with Crippen LogP contribution in [0.3, 0.4) is 0 Å². The molecule has 0 bridgehead atoms. The van der Waals surface area contributed by atoms with E-state index in [-0.39, 0.29) is 11.1 Å². The number of aromatic nitrogens is 1. The van der Waals surface area contributed by atoms with Crippen LogP contribution < -0.4 is 5.14 Å². The zero-order valence-corrected chi connectivity index (χ0v) is 13.7. The molecule has 0 saturated carbocycles. The first-order valence-electron chi connectivity index (χ1n) is 7.18. The second kappa shape index (κ2) is 5.81. The molecule has 6 heteroatoms. The average molecular weight is 330 g/mol. The third-order valence-electron chi connectivity index (χ3n) is 3.92. The first kappa shape index (κ1) is 15.7. The maximum Gasteiger partial charge on any atom is 0.238 e. The number of methoxy groups -OCH3 is 1. The lowest BCUT2D eigenvalue weighted by Gasteiger charge is -2.17. The summed E-state index contributed by atoms with van der Waals surface area (Å²) < 4.78 is 30.7. The number of benzene rings is 2. The first-order valence-corrected chi connectivity index (χ1v) is 8.72. The number of sulfonamides is 1. The molecule has 3 rings (SSSR count). The summed E-state index contributed by atoms with van der Waals surface area (Å²) in [6.07, 6.45) is -0.251. The minimum absolute atomic E-state index is 0.0901. The molecular formula is C17H18N2O3S. The van der Waals surface area contributed by atoms with Crippen molar-refractivity contribution in [2.24, 2.45) is 5.14 Å². The second-order valence-corrected chi connectivity index (χ2v) is 6.93. The molecule has 2 aromatic carbocycles. The molecule has 0 spiro atoms. The molecule has 5 nitrogen and oxygen atoms in total. The monoisotopic (exact) mass is 330 g/mol. The molecule has 2 N–H and O–H groups in total. The standard InChI is InChI=1S/C17H18N2O3S/c1-12(22-2)19-16(13-6-4-3-5-7-13)10-14-8-9-15(11-17(14)19)23(18,20)21/h3-12H,1-2H3,(H2,18,20,21). The van der Waals surface area contributed by atoms with Gasteiger partial charge in [0, 0.05) is 12.5 Å². The molecule has 1 heterocycles. The van der Waals surface area contributed by atoms with Crippen LogP contribution in [0.25, 0.3) is 22.2 Å². The highest BCUT2D eigenvalue weighted by Crippen LogP contribution is 2.32. The first-order chi connectivity index (χ1) is 10.9. The van der Waals surface area contributed by atoms with Crippen molar-refractivity contribution in [3.63, 3.8) is 0 Å². The maximum absolute atomic E-state index is 11.6. The molecule has 0 fully saturated rings. The van der Waals surface area contributed by atoms with Crippen LogP contribution in [0.5, 0.6) is 0 Å². The topological polar surface area (TPSA) is 74.3 Å². The van der Waals surface area contributed by atoms with E-state index in [0.29, 0.717) is 0 Å². The summed E-state index contributed by atoms with van der Waals surface area (Å²) in [5, 5.41) is 6.19. The number of hydrogen-bond acceptors (Lipinski definition) is 3. The fourth-order valence-electron chi connectivity index (χ4n) is 2.71. The zero-order valence-electron chi connectivity index (χ0n) is 12.9. The van der Waals surface area contributed by atoms with Crippen molar-refractivity contribution < 1.29 is 13.2 Å². The summed E-state index contributed by atoms with van der Waals surface area (Å²) in [6.45, 7) is 1.91. The molecule has 0 aliphatic carbocycles. The van der Waals surface area contributed by atoms with Gasteiger partial charge >= 0.3 is 0 Å². The lowest BCUT2D eigenvalue weighted by Crippen LogP contribution is -2.13. The van der Waals surface area contributed by atoms with Crippen molar-refractivity contribution >= 4 is 20.9 Å². The quantitative estimate of drug-likeness (QED) is 0.798. The molecule has 23 heavy (non-hydrogen) atoms. The number of nitrogens with zero attached hydrogens (tertiary/aromatic N) is 1. The SMILES string of the molecule is COC(C)n1c(-c2ccccc2)cc2ccc(S(N)(=O)=O)cc21. The Hall–Kier alpha value is -2.15. The summed E-state index contributed by atoms with van der Waals surface area (Å²) in [6, 6.07) is 16.8. The van der Waals surface area contributed by atoms with Gasteiger partial charge < -0.3 is 9.30 Å². The van der Waals surface area contributed by atoms with Crippen LogP contribution in [0, 0.1) is 0 Å². The van der Waals surface area contributed by atoms with Gasteiger partial charge in [0.1, 0.15) is 6.23 Å². The maximum atomic E-state index is 11.6. The molecule has 1 atom stereocenters. The van der Waals surface area contributed by atoms with E-state index in [2.05, 4.69) is 0 Å². The third-order valence-corrected chi connectivity index (χ3v) is 4.83. The van der Waals surface area contributed by atoms with Crippen molar-refractivity contribution in [2.45, 2.75) is 18.0 Å². The molecule has 0 saturated heterocycles. The normalized spacial score (nSPS) is 13.3. The highest BCUT2D eigenvalue weighted by atomic mass is 32.2. The Bertz CT molecular complexity index is 947. The smallest absolute Gasteiger partial charge is 0.238 e. The van der Waals surface area contributed by atoms with Crippen LogP contribution in [-0.2, 0) is 14.8 Å². The Balaban J connectivity index is 2.33.